The average molecular weight is 259 g/mol. The summed E-state index contributed by atoms with van der Waals surface area (Å²) in [6.45, 7) is 0.366. The average Bonchev–Trinajstić information content (AvgIpc) is 3.03. The summed E-state index contributed by atoms with van der Waals surface area (Å²) < 4.78 is 4.69. The molecule has 0 spiro atoms. The standard InChI is InChI=1S/C13H13N3O3/c1-19-13(18)8-4-12(17)16(6-8)9-2-3-10-11(5-9)15-7-14-10/h2-3,5,7-8H,4,6H2,1H3,(H,14,15). The molecule has 1 unspecified atom stereocenters. The van der Waals surface area contributed by atoms with Crippen LogP contribution >= 0.6 is 0 Å². The van der Waals surface area contributed by atoms with Gasteiger partial charge >= 0.3 is 5.97 Å². The Morgan fingerprint density at radius 2 is 2.37 bits per heavy atom. The summed E-state index contributed by atoms with van der Waals surface area (Å²) in [5, 5.41) is 0. The smallest absolute Gasteiger partial charge is 0.311 e. The van der Waals surface area contributed by atoms with Gasteiger partial charge in [0, 0.05) is 18.7 Å². The Labute approximate surface area is 109 Å². The maximum absolute atomic E-state index is 12.0. The summed E-state index contributed by atoms with van der Waals surface area (Å²) in [6, 6.07) is 5.54. The van der Waals surface area contributed by atoms with Crippen LogP contribution in [0.3, 0.4) is 0 Å². The number of amides is 1. The van der Waals surface area contributed by atoms with Crippen molar-refractivity contribution in [1.29, 1.82) is 0 Å². The van der Waals surface area contributed by atoms with Crippen LogP contribution in [0.2, 0.25) is 0 Å². The van der Waals surface area contributed by atoms with Gasteiger partial charge < -0.3 is 14.6 Å². The van der Waals surface area contributed by atoms with Crippen molar-refractivity contribution in [1.82, 2.24) is 9.97 Å². The summed E-state index contributed by atoms with van der Waals surface area (Å²) in [5.74, 6) is -0.775. The van der Waals surface area contributed by atoms with Crippen molar-refractivity contribution < 1.29 is 14.3 Å². The minimum atomic E-state index is -0.380. The highest BCUT2D eigenvalue weighted by atomic mass is 16.5. The molecule has 1 aromatic heterocycles. The van der Waals surface area contributed by atoms with Gasteiger partial charge in [0.15, 0.2) is 0 Å². The van der Waals surface area contributed by atoms with E-state index >= 15 is 0 Å². The van der Waals surface area contributed by atoms with Gasteiger partial charge in [-0.3, -0.25) is 9.59 Å². The summed E-state index contributed by atoms with van der Waals surface area (Å²) in [7, 11) is 1.34. The predicted octanol–water partition coefficient (Wildman–Crippen LogP) is 1.09. The van der Waals surface area contributed by atoms with E-state index in [1.807, 2.05) is 18.2 Å². The number of hydrogen-bond donors (Lipinski definition) is 1. The van der Waals surface area contributed by atoms with Crippen LogP contribution in [0.15, 0.2) is 24.5 Å². The third-order valence-electron chi connectivity index (χ3n) is 3.38. The summed E-state index contributed by atoms with van der Waals surface area (Å²) >= 11 is 0. The van der Waals surface area contributed by atoms with E-state index in [-0.39, 0.29) is 24.2 Å². The van der Waals surface area contributed by atoms with Gasteiger partial charge in [0.2, 0.25) is 5.91 Å². The molecule has 6 heteroatoms. The van der Waals surface area contributed by atoms with E-state index in [0.717, 1.165) is 16.7 Å². The third-order valence-corrected chi connectivity index (χ3v) is 3.38. The highest BCUT2D eigenvalue weighted by molar-refractivity contribution is 6.00. The molecule has 3 rings (SSSR count). The minimum Gasteiger partial charge on any atom is -0.469 e. The highest BCUT2D eigenvalue weighted by Crippen LogP contribution is 2.27. The van der Waals surface area contributed by atoms with Crippen LogP contribution in [0.5, 0.6) is 0 Å². The second-order valence-electron chi connectivity index (χ2n) is 4.53. The largest absolute Gasteiger partial charge is 0.469 e. The van der Waals surface area contributed by atoms with Gasteiger partial charge in [-0.1, -0.05) is 0 Å². The molecule has 1 N–H and O–H groups in total. The summed E-state index contributed by atoms with van der Waals surface area (Å²) in [6.07, 6.45) is 1.81. The molecule has 2 heterocycles. The number of nitrogens with zero attached hydrogens (tertiary/aromatic N) is 2. The fourth-order valence-electron chi connectivity index (χ4n) is 2.37. The fraction of sp³-hybridized carbons (Fsp3) is 0.308. The highest BCUT2D eigenvalue weighted by Gasteiger charge is 2.35. The number of esters is 1. The SMILES string of the molecule is COC(=O)C1CC(=O)N(c2ccc3nc[nH]c3c2)C1. The Balaban J connectivity index is 1.89. The number of nitrogens with one attached hydrogen (secondary N) is 1. The molecule has 1 aliphatic heterocycles. The van der Waals surface area contributed by atoms with Gasteiger partial charge in [0.05, 0.1) is 30.4 Å². The molecule has 2 aromatic rings. The van der Waals surface area contributed by atoms with Gasteiger partial charge in [0.25, 0.3) is 0 Å². The number of methoxy groups -OCH3 is 1. The molecule has 1 fully saturated rings. The lowest BCUT2D eigenvalue weighted by molar-refractivity contribution is -0.145. The molecule has 1 atom stereocenters. The Morgan fingerprint density at radius 3 is 3.16 bits per heavy atom. The molecular formula is C13H13N3O3. The first-order chi connectivity index (χ1) is 9.19. The molecule has 0 aliphatic carbocycles. The Hall–Kier alpha value is -2.37. The van der Waals surface area contributed by atoms with Crippen molar-refractivity contribution in [2.24, 2.45) is 5.92 Å². The fourth-order valence-corrected chi connectivity index (χ4v) is 2.37. The molecular weight excluding hydrogens is 246 g/mol. The second kappa shape index (κ2) is 4.38. The topological polar surface area (TPSA) is 75.3 Å². The van der Waals surface area contributed by atoms with Crippen LogP contribution in [-0.4, -0.2) is 35.5 Å². The lowest BCUT2D eigenvalue weighted by Gasteiger charge is -2.16. The molecule has 0 saturated carbocycles. The molecule has 19 heavy (non-hydrogen) atoms. The number of fused-ring (bicyclic) bond motifs is 1. The molecule has 98 valence electrons. The number of anilines is 1. The number of ether oxygens (including phenoxy) is 1. The maximum atomic E-state index is 12.0. The van der Waals surface area contributed by atoms with Gasteiger partial charge in [0.1, 0.15) is 0 Å². The van der Waals surface area contributed by atoms with Crippen LogP contribution < -0.4 is 4.90 Å². The van der Waals surface area contributed by atoms with Crippen molar-refractivity contribution in [2.45, 2.75) is 6.42 Å². The molecule has 6 nitrogen and oxygen atoms in total. The number of aromatic nitrogens is 2. The van der Waals surface area contributed by atoms with Crippen molar-refractivity contribution in [3.8, 4) is 0 Å². The van der Waals surface area contributed by atoms with E-state index in [9.17, 15) is 9.59 Å². The van der Waals surface area contributed by atoms with Gasteiger partial charge in [-0.15, -0.1) is 0 Å². The number of rotatable bonds is 2. The first kappa shape index (κ1) is 11.7. The summed E-state index contributed by atoms with van der Waals surface area (Å²) in [5.41, 5.74) is 2.49. The van der Waals surface area contributed by atoms with Gasteiger partial charge in [-0.25, -0.2) is 4.98 Å². The first-order valence-corrected chi connectivity index (χ1v) is 6.00. The van der Waals surface area contributed by atoms with Crippen molar-refractivity contribution in [3.05, 3.63) is 24.5 Å². The number of aromatic amines is 1. The zero-order chi connectivity index (χ0) is 13.4. The van der Waals surface area contributed by atoms with E-state index in [1.54, 1.807) is 11.2 Å². The Bertz CT molecular complexity index is 649. The minimum absolute atomic E-state index is 0.0609. The zero-order valence-electron chi connectivity index (χ0n) is 10.4. The first-order valence-electron chi connectivity index (χ1n) is 6.00. The van der Waals surface area contributed by atoms with Crippen LogP contribution in [0.4, 0.5) is 5.69 Å². The number of H-pyrrole nitrogens is 1. The van der Waals surface area contributed by atoms with Crippen molar-refractivity contribution in [2.75, 3.05) is 18.6 Å². The number of carbonyl (C=O) groups is 2. The van der Waals surface area contributed by atoms with Crippen LogP contribution in [0.25, 0.3) is 11.0 Å². The number of benzene rings is 1. The van der Waals surface area contributed by atoms with E-state index in [4.69, 9.17) is 4.74 Å². The predicted molar refractivity (Wildman–Crippen MR) is 68.6 cm³/mol. The molecule has 0 bridgehead atoms. The van der Waals surface area contributed by atoms with Crippen molar-refractivity contribution in [3.63, 3.8) is 0 Å². The Kier molecular flexibility index (Phi) is 2.70. The number of imidazole rings is 1. The second-order valence-corrected chi connectivity index (χ2v) is 4.53. The van der Waals surface area contributed by atoms with E-state index in [1.165, 1.54) is 7.11 Å². The molecule has 1 aromatic carbocycles. The monoisotopic (exact) mass is 259 g/mol. The normalized spacial score (nSPS) is 19.1. The van der Waals surface area contributed by atoms with Crippen LogP contribution in [-0.2, 0) is 14.3 Å². The van der Waals surface area contributed by atoms with E-state index in [2.05, 4.69) is 9.97 Å². The third kappa shape index (κ3) is 1.95. The number of hydrogen-bond acceptors (Lipinski definition) is 4. The van der Waals surface area contributed by atoms with Crippen molar-refractivity contribution >= 4 is 28.6 Å². The summed E-state index contributed by atoms with van der Waals surface area (Å²) in [4.78, 5) is 32.2. The van der Waals surface area contributed by atoms with E-state index in [0.29, 0.717) is 6.54 Å². The van der Waals surface area contributed by atoms with Crippen LogP contribution in [0.1, 0.15) is 6.42 Å². The molecule has 1 aliphatic rings. The lowest BCUT2D eigenvalue weighted by atomic mass is 10.1. The Morgan fingerprint density at radius 1 is 1.53 bits per heavy atom. The number of carbonyl (C=O) groups excluding carboxylic acids is 2. The molecule has 1 amide bonds. The van der Waals surface area contributed by atoms with Gasteiger partial charge in [-0.05, 0) is 18.2 Å². The zero-order valence-corrected chi connectivity index (χ0v) is 10.4. The van der Waals surface area contributed by atoms with E-state index < -0.39 is 0 Å². The lowest BCUT2D eigenvalue weighted by Crippen LogP contribution is -2.26. The molecule has 1 saturated heterocycles. The maximum Gasteiger partial charge on any atom is 0.311 e. The molecule has 0 radical (unpaired) electrons. The van der Waals surface area contributed by atoms with Crippen LogP contribution in [0, 0.1) is 5.92 Å². The quantitative estimate of drug-likeness (QED) is 0.819. The van der Waals surface area contributed by atoms with Gasteiger partial charge in [-0.2, -0.15) is 0 Å².